The summed E-state index contributed by atoms with van der Waals surface area (Å²) < 4.78 is 50.8. The number of hydrogen-bond donors (Lipinski definition) is 1. The van der Waals surface area contributed by atoms with Gasteiger partial charge in [-0.1, -0.05) is 6.07 Å². The van der Waals surface area contributed by atoms with Crippen molar-refractivity contribution >= 4 is 21.6 Å². The molecule has 1 fully saturated rings. The monoisotopic (exact) mass is 465 g/mol. The minimum absolute atomic E-state index is 0.168. The fraction of sp³-hybridized carbons (Fsp3) is 0.409. The van der Waals surface area contributed by atoms with E-state index in [4.69, 9.17) is 9.47 Å². The van der Waals surface area contributed by atoms with E-state index in [1.54, 1.807) is 43.1 Å². The zero-order chi connectivity index (χ0) is 23.3. The molecule has 0 aliphatic carbocycles. The van der Waals surface area contributed by atoms with Crippen LogP contribution in [0.15, 0.2) is 47.4 Å². The standard InChI is InChI=1S/C22H28FN3O5S/c1-16(25(2)15-17-4-9-21(30-3)20(23)14-17)22(27)24-18-5-7-19(8-6-18)32(28,29)26-10-12-31-13-11-26/h4-9,14,16H,10-13,15H2,1-3H3,(H,24,27). The van der Waals surface area contributed by atoms with Crippen LogP contribution in [0.2, 0.25) is 0 Å². The molecule has 0 radical (unpaired) electrons. The molecule has 2 aromatic rings. The third-order valence-electron chi connectivity index (χ3n) is 5.42. The molecule has 1 unspecified atom stereocenters. The van der Waals surface area contributed by atoms with Gasteiger partial charge in [-0.25, -0.2) is 12.8 Å². The molecule has 1 heterocycles. The Morgan fingerprint density at radius 1 is 1.22 bits per heavy atom. The molecule has 32 heavy (non-hydrogen) atoms. The molecular formula is C22H28FN3O5S. The molecule has 3 rings (SSSR count). The van der Waals surface area contributed by atoms with E-state index in [1.165, 1.54) is 29.6 Å². The normalized spacial score (nSPS) is 16.0. The van der Waals surface area contributed by atoms with Crippen LogP contribution in [0, 0.1) is 5.82 Å². The largest absolute Gasteiger partial charge is 0.494 e. The Labute approximate surface area is 188 Å². The van der Waals surface area contributed by atoms with E-state index in [1.807, 2.05) is 0 Å². The number of ether oxygens (including phenoxy) is 2. The van der Waals surface area contributed by atoms with Gasteiger partial charge in [-0.15, -0.1) is 0 Å². The van der Waals surface area contributed by atoms with E-state index in [0.29, 0.717) is 44.1 Å². The zero-order valence-corrected chi connectivity index (χ0v) is 19.2. The number of amides is 1. The number of likely N-dealkylation sites (N-methyl/N-ethyl adjacent to an activating group) is 1. The SMILES string of the molecule is COc1ccc(CN(C)C(C)C(=O)Nc2ccc(S(=O)(=O)N3CCOCC3)cc2)cc1F. The molecule has 1 aliphatic heterocycles. The number of halogens is 1. The van der Waals surface area contributed by atoms with Gasteiger partial charge in [0.1, 0.15) is 0 Å². The van der Waals surface area contributed by atoms with E-state index in [-0.39, 0.29) is 16.6 Å². The predicted molar refractivity (Wildman–Crippen MR) is 119 cm³/mol. The van der Waals surface area contributed by atoms with E-state index < -0.39 is 21.9 Å². The second-order valence-corrected chi connectivity index (χ2v) is 9.53. The number of rotatable bonds is 8. The lowest BCUT2D eigenvalue weighted by atomic mass is 10.1. The van der Waals surface area contributed by atoms with Crippen molar-refractivity contribution in [2.45, 2.75) is 24.4 Å². The van der Waals surface area contributed by atoms with Gasteiger partial charge in [0, 0.05) is 25.3 Å². The Balaban J connectivity index is 1.60. The lowest BCUT2D eigenvalue weighted by molar-refractivity contribution is -0.120. The number of benzene rings is 2. The van der Waals surface area contributed by atoms with E-state index in [9.17, 15) is 17.6 Å². The van der Waals surface area contributed by atoms with Gasteiger partial charge in [0.25, 0.3) is 0 Å². The molecular weight excluding hydrogens is 437 g/mol. The average Bonchev–Trinajstić information content (AvgIpc) is 2.79. The summed E-state index contributed by atoms with van der Waals surface area (Å²) in [5, 5.41) is 2.79. The lowest BCUT2D eigenvalue weighted by Crippen LogP contribution is -2.40. The van der Waals surface area contributed by atoms with Crippen molar-refractivity contribution in [2.75, 3.05) is 45.8 Å². The van der Waals surface area contributed by atoms with Gasteiger partial charge >= 0.3 is 0 Å². The van der Waals surface area contributed by atoms with Crippen LogP contribution in [0.1, 0.15) is 12.5 Å². The maximum Gasteiger partial charge on any atom is 0.243 e. The first-order valence-electron chi connectivity index (χ1n) is 10.2. The van der Waals surface area contributed by atoms with Crippen molar-refractivity contribution in [3.8, 4) is 5.75 Å². The van der Waals surface area contributed by atoms with Crippen LogP contribution in [0.25, 0.3) is 0 Å². The summed E-state index contributed by atoms with van der Waals surface area (Å²) in [5.41, 5.74) is 1.20. The summed E-state index contributed by atoms with van der Waals surface area (Å²) in [7, 11) is -0.415. The van der Waals surface area contributed by atoms with Crippen molar-refractivity contribution in [3.05, 3.63) is 53.8 Å². The summed E-state index contributed by atoms with van der Waals surface area (Å²) in [6, 6.07) is 10.3. The summed E-state index contributed by atoms with van der Waals surface area (Å²) in [6.07, 6.45) is 0. The van der Waals surface area contributed by atoms with Crippen LogP contribution in [0.4, 0.5) is 10.1 Å². The third-order valence-corrected chi connectivity index (χ3v) is 7.33. The number of sulfonamides is 1. The fourth-order valence-electron chi connectivity index (χ4n) is 3.33. The molecule has 0 aromatic heterocycles. The second kappa shape index (κ2) is 10.4. The molecule has 0 saturated carbocycles. The summed E-state index contributed by atoms with van der Waals surface area (Å²) in [5.74, 6) is -0.547. The molecule has 1 amide bonds. The summed E-state index contributed by atoms with van der Waals surface area (Å²) in [4.78, 5) is 14.6. The van der Waals surface area contributed by atoms with Crippen LogP contribution in [-0.2, 0) is 26.1 Å². The first-order chi connectivity index (χ1) is 15.2. The topological polar surface area (TPSA) is 88.2 Å². The number of methoxy groups -OCH3 is 1. The van der Waals surface area contributed by atoms with Gasteiger partial charge in [-0.05, 0) is 55.9 Å². The predicted octanol–water partition coefficient (Wildman–Crippen LogP) is 2.31. The zero-order valence-electron chi connectivity index (χ0n) is 18.4. The van der Waals surface area contributed by atoms with Crippen molar-refractivity contribution in [1.29, 1.82) is 0 Å². The van der Waals surface area contributed by atoms with Crippen molar-refractivity contribution in [3.63, 3.8) is 0 Å². The average molecular weight is 466 g/mol. The van der Waals surface area contributed by atoms with E-state index >= 15 is 0 Å². The highest BCUT2D eigenvalue weighted by Gasteiger charge is 2.26. The number of nitrogens with one attached hydrogen (secondary N) is 1. The maximum atomic E-state index is 13.9. The van der Waals surface area contributed by atoms with Crippen LogP contribution >= 0.6 is 0 Å². The Hall–Kier alpha value is -2.53. The maximum absolute atomic E-state index is 13.9. The molecule has 1 atom stereocenters. The van der Waals surface area contributed by atoms with Crippen molar-refractivity contribution in [2.24, 2.45) is 0 Å². The van der Waals surface area contributed by atoms with Crippen LogP contribution in [-0.4, -0.2) is 70.0 Å². The van der Waals surface area contributed by atoms with Gasteiger partial charge in [0.15, 0.2) is 11.6 Å². The number of carbonyl (C=O) groups excluding carboxylic acids is 1. The van der Waals surface area contributed by atoms with Crippen LogP contribution in [0.5, 0.6) is 5.75 Å². The number of carbonyl (C=O) groups is 1. The minimum Gasteiger partial charge on any atom is -0.494 e. The van der Waals surface area contributed by atoms with Gasteiger partial charge in [0.2, 0.25) is 15.9 Å². The molecule has 1 saturated heterocycles. The van der Waals surface area contributed by atoms with Gasteiger partial charge in [-0.2, -0.15) is 4.31 Å². The molecule has 10 heteroatoms. The molecule has 0 bridgehead atoms. The molecule has 1 N–H and O–H groups in total. The Morgan fingerprint density at radius 3 is 2.47 bits per heavy atom. The number of nitrogens with zero attached hydrogens (tertiary/aromatic N) is 2. The minimum atomic E-state index is -3.59. The quantitative estimate of drug-likeness (QED) is 0.644. The van der Waals surface area contributed by atoms with Gasteiger partial charge in [-0.3, -0.25) is 9.69 Å². The van der Waals surface area contributed by atoms with Gasteiger partial charge in [0.05, 0.1) is 31.3 Å². The molecule has 0 spiro atoms. The lowest BCUT2D eigenvalue weighted by Gasteiger charge is -2.26. The first-order valence-corrected chi connectivity index (χ1v) is 11.7. The van der Waals surface area contributed by atoms with Gasteiger partial charge < -0.3 is 14.8 Å². The summed E-state index contributed by atoms with van der Waals surface area (Å²) in [6.45, 7) is 3.51. The smallest absolute Gasteiger partial charge is 0.243 e. The fourth-order valence-corrected chi connectivity index (χ4v) is 4.73. The van der Waals surface area contributed by atoms with Crippen LogP contribution in [0.3, 0.4) is 0 Å². The first kappa shape index (κ1) is 24.1. The Bertz CT molecular complexity index is 1040. The number of hydrogen-bond acceptors (Lipinski definition) is 6. The molecule has 174 valence electrons. The van der Waals surface area contributed by atoms with E-state index in [0.717, 1.165) is 0 Å². The molecule has 8 nitrogen and oxygen atoms in total. The summed E-state index contributed by atoms with van der Waals surface area (Å²) >= 11 is 0. The highest BCUT2D eigenvalue weighted by atomic mass is 32.2. The van der Waals surface area contributed by atoms with Crippen molar-refractivity contribution in [1.82, 2.24) is 9.21 Å². The van der Waals surface area contributed by atoms with Crippen molar-refractivity contribution < 1.29 is 27.1 Å². The second-order valence-electron chi connectivity index (χ2n) is 7.59. The Kier molecular flexibility index (Phi) is 7.83. The highest BCUT2D eigenvalue weighted by molar-refractivity contribution is 7.89. The number of morpholine rings is 1. The van der Waals surface area contributed by atoms with E-state index in [2.05, 4.69) is 5.32 Å². The third kappa shape index (κ3) is 5.63. The van der Waals surface area contributed by atoms with Crippen LogP contribution < -0.4 is 10.1 Å². The molecule has 1 aliphatic rings. The Morgan fingerprint density at radius 2 is 1.88 bits per heavy atom. The molecule has 2 aromatic carbocycles. The highest BCUT2D eigenvalue weighted by Crippen LogP contribution is 2.21. The number of anilines is 1.